The lowest BCUT2D eigenvalue weighted by Crippen LogP contribution is -2.14. The third-order valence-electron chi connectivity index (χ3n) is 3.04. The SMILES string of the molecule is CCOC(=O)COc1cccc(NC(=O)/C=C/c2cccc(Cl)c2)c1. The molecule has 0 atom stereocenters. The van der Waals surface area contributed by atoms with Crippen LogP contribution in [-0.2, 0) is 14.3 Å². The predicted octanol–water partition coefficient (Wildman–Crippen LogP) is 3.93. The first-order chi connectivity index (χ1) is 12.1. The number of rotatable bonds is 7. The summed E-state index contributed by atoms with van der Waals surface area (Å²) < 4.78 is 10.1. The summed E-state index contributed by atoms with van der Waals surface area (Å²) in [4.78, 5) is 23.3. The zero-order chi connectivity index (χ0) is 18.1. The molecule has 0 aliphatic heterocycles. The standard InChI is InChI=1S/C19H18ClNO4/c1-2-24-19(23)13-25-17-8-4-7-16(12-17)21-18(22)10-9-14-5-3-6-15(20)11-14/h3-12H,2,13H2,1H3,(H,21,22)/b10-9+. The van der Waals surface area contributed by atoms with Gasteiger partial charge in [-0.1, -0.05) is 29.8 Å². The average molecular weight is 360 g/mol. The van der Waals surface area contributed by atoms with E-state index in [1.807, 2.05) is 12.1 Å². The molecule has 2 aromatic rings. The lowest BCUT2D eigenvalue weighted by atomic mass is 10.2. The Morgan fingerprint density at radius 3 is 2.72 bits per heavy atom. The second-order valence-corrected chi connectivity index (χ2v) is 5.44. The topological polar surface area (TPSA) is 64.6 Å². The maximum absolute atomic E-state index is 12.0. The number of carbonyl (C=O) groups excluding carboxylic acids is 2. The van der Waals surface area contributed by atoms with E-state index in [1.165, 1.54) is 6.08 Å². The zero-order valence-electron chi connectivity index (χ0n) is 13.7. The minimum atomic E-state index is -0.443. The van der Waals surface area contributed by atoms with Crippen molar-refractivity contribution >= 4 is 35.2 Å². The average Bonchev–Trinajstić information content (AvgIpc) is 2.59. The zero-order valence-corrected chi connectivity index (χ0v) is 14.5. The quantitative estimate of drug-likeness (QED) is 0.601. The van der Waals surface area contributed by atoms with Gasteiger partial charge in [-0.15, -0.1) is 0 Å². The molecule has 0 unspecified atom stereocenters. The first kappa shape index (κ1) is 18.5. The van der Waals surface area contributed by atoms with Crippen LogP contribution in [0.3, 0.4) is 0 Å². The number of amides is 1. The summed E-state index contributed by atoms with van der Waals surface area (Å²) in [7, 11) is 0. The number of ether oxygens (including phenoxy) is 2. The van der Waals surface area contributed by atoms with Gasteiger partial charge in [0.05, 0.1) is 6.61 Å². The van der Waals surface area contributed by atoms with Crippen molar-refractivity contribution in [2.45, 2.75) is 6.92 Å². The highest BCUT2D eigenvalue weighted by Crippen LogP contribution is 2.17. The molecule has 0 heterocycles. The van der Waals surface area contributed by atoms with Gasteiger partial charge in [0.2, 0.25) is 5.91 Å². The lowest BCUT2D eigenvalue weighted by Gasteiger charge is -2.08. The van der Waals surface area contributed by atoms with Crippen LogP contribution in [-0.4, -0.2) is 25.1 Å². The van der Waals surface area contributed by atoms with Crippen LogP contribution in [0.5, 0.6) is 5.75 Å². The lowest BCUT2D eigenvalue weighted by molar-refractivity contribution is -0.145. The molecule has 5 nitrogen and oxygen atoms in total. The van der Waals surface area contributed by atoms with Gasteiger partial charge in [-0.25, -0.2) is 4.79 Å². The van der Waals surface area contributed by atoms with Gasteiger partial charge in [0.1, 0.15) is 5.75 Å². The number of hydrogen-bond acceptors (Lipinski definition) is 4. The highest BCUT2D eigenvalue weighted by atomic mass is 35.5. The Morgan fingerprint density at radius 1 is 1.16 bits per heavy atom. The van der Waals surface area contributed by atoms with Gasteiger partial charge < -0.3 is 14.8 Å². The number of esters is 1. The van der Waals surface area contributed by atoms with Crippen LogP contribution in [0.2, 0.25) is 5.02 Å². The Kier molecular flexibility index (Phi) is 7.04. The van der Waals surface area contributed by atoms with E-state index in [0.717, 1.165) is 5.56 Å². The molecule has 25 heavy (non-hydrogen) atoms. The van der Waals surface area contributed by atoms with Crippen LogP contribution in [0.1, 0.15) is 12.5 Å². The molecular formula is C19H18ClNO4. The smallest absolute Gasteiger partial charge is 0.344 e. The van der Waals surface area contributed by atoms with Crippen LogP contribution in [0, 0.1) is 0 Å². The fourth-order valence-electron chi connectivity index (χ4n) is 1.97. The number of anilines is 1. The number of nitrogens with one attached hydrogen (secondary N) is 1. The van der Waals surface area contributed by atoms with E-state index >= 15 is 0 Å². The highest BCUT2D eigenvalue weighted by molar-refractivity contribution is 6.30. The summed E-state index contributed by atoms with van der Waals surface area (Å²) in [6.07, 6.45) is 3.08. The summed E-state index contributed by atoms with van der Waals surface area (Å²) in [6, 6.07) is 13.9. The first-order valence-electron chi connectivity index (χ1n) is 7.70. The Labute approximate surface area is 151 Å². The third kappa shape index (κ3) is 6.69. The van der Waals surface area contributed by atoms with E-state index in [0.29, 0.717) is 23.1 Å². The minimum Gasteiger partial charge on any atom is -0.482 e. The van der Waals surface area contributed by atoms with Crippen molar-refractivity contribution in [2.24, 2.45) is 0 Å². The molecular weight excluding hydrogens is 342 g/mol. The summed E-state index contributed by atoms with van der Waals surface area (Å²) >= 11 is 5.90. The number of hydrogen-bond donors (Lipinski definition) is 1. The normalized spacial score (nSPS) is 10.5. The Balaban J connectivity index is 1.92. The summed E-state index contributed by atoms with van der Waals surface area (Å²) in [6.45, 7) is 1.85. The maximum atomic E-state index is 12.0. The molecule has 0 aromatic heterocycles. The van der Waals surface area contributed by atoms with Gasteiger partial charge in [0.15, 0.2) is 6.61 Å². The molecule has 0 fully saturated rings. The van der Waals surface area contributed by atoms with Gasteiger partial charge >= 0.3 is 5.97 Å². The molecule has 2 aromatic carbocycles. The highest BCUT2D eigenvalue weighted by Gasteiger charge is 2.04. The molecule has 2 rings (SSSR count). The van der Waals surface area contributed by atoms with Crippen molar-refractivity contribution in [3.8, 4) is 5.75 Å². The molecule has 6 heteroatoms. The molecule has 0 aliphatic rings. The van der Waals surface area contributed by atoms with Crippen molar-refractivity contribution in [3.05, 3.63) is 65.2 Å². The van der Waals surface area contributed by atoms with Crippen LogP contribution in [0.25, 0.3) is 6.08 Å². The van der Waals surface area contributed by atoms with Crippen molar-refractivity contribution in [2.75, 3.05) is 18.5 Å². The summed E-state index contributed by atoms with van der Waals surface area (Å²) in [5.74, 6) is -0.270. The van der Waals surface area contributed by atoms with E-state index in [2.05, 4.69) is 5.32 Å². The van der Waals surface area contributed by atoms with Crippen molar-refractivity contribution in [1.29, 1.82) is 0 Å². The van der Waals surface area contributed by atoms with E-state index in [4.69, 9.17) is 21.1 Å². The van der Waals surface area contributed by atoms with Gasteiger partial charge in [-0.2, -0.15) is 0 Å². The second-order valence-electron chi connectivity index (χ2n) is 5.00. The summed E-state index contributed by atoms with van der Waals surface area (Å²) in [5, 5.41) is 3.33. The van der Waals surface area contributed by atoms with Gasteiger partial charge in [-0.05, 0) is 42.8 Å². The van der Waals surface area contributed by atoms with Crippen molar-refractivity contribution in [1.82, 2.24) is 0 Å². The Bertz CT molecular complexity index is 774. The molecule has 0 saturated heterocycles. The first-order valence-corrected chi connectivity index (χ1v) is 8.07. The third-order valence-corrected chi connectivity index (χ3v) is 3.27. The maximum Gasteiger partial charge on any atom is 0.344 e. The number of halogens is 1. The van der Waals surface area contributed by atoms with E-state index in [-0.39, 0.29) is 12.5 Å². The molecule has 1 amide bonds. The van der Waals surface area contributed by atoms with E-state index < -0.39 is 5.97 Å². The Morgan fingerprint density at radius 2 is 1.96 bits per heavy atom. The van der Waals surface area contributed by atoms with Crippen LogP contribution in [0.15, 0.2) is 54.6 Å². The number of carbonyl (C=O) groups is 2. The van der Waals surface area contributed by atoms with E-state index in [9.17, 15) is 9.59 Å². The van der Waals surface area contributed by atoms with Crippen molar-refractivity contribution in [3.63, 3.8) is 0 Å². The Hall–Kier alpha value is -2.79. The van der Waals surface area contributed by atoms with Gasteiger partial charge in [0.25, 0.3) is 0 Å². The molecule has 0 radical (unpaired) electrons. The largest absolute Gasteiger partial charge is 0.482 e. The fourth-order valence-corrected chi connectivity index (χ4v) is 2.17. The predicted molar refractivity (Wildman–Crippen MR) is 97.7 cm³/mol. The van der Waals surface area contributed by atoms with Crippen LogP contribution < -0.4 is 10.1 Å². The molecule has 0 bridgehead atoms. The van der Waals surface area contributed by atoms with E-state index in [1.54, 1.807) is 49.4 Å². The molecule has 0 aliphatic carbocycles. The molecule has 130 valence electrons. The van der Waals surface area contributed by atoms with Gasteiger partial charge in [-0.3, -0.25) is 4.79 Å². The number of benzene rings is 2. The fraction of sp³-hybridized carbons (Fsp3) is 0.158. The van der Waals surface area contributed by atoms with Crippen molar-refractivity contribution < 1.29 is 19.1 Å². The minimum absolute atomic E-state index is 0.181. The molecule has 0 saturated carbocycles. The summed E-state index contributed by atoms with van der Waals surface area (Å²) in [5.41, 5.74) is 1.39. The monoisotopic (exact) mass is 359 g/mol. The van der Waals surface area contributed by atoms with Gasteiger partial charge in [0, 0.05) is 22.9 Å². The second kappa shape index (κ2) is 9.49. The molecule has 0 spiro atoms. The molecule has 1 N–H and O–H groups in total. The van der Waals surface area contributed by atoms with Crippen LogP contribution in [0.4, 0.5) is 5.69 Å². The van der Waals surface area contributed by atoms with Crippen LogP contribution >= 0.6 is 11.6 Å².